The summed E-state index contributed by atoms with van der Waals surface area (Å²) in [5, 5.41) is 7.87. The van der Waals surface area contributed by atoms with Crippen molar-refractivity contribution in [3.05, 3.63) is 42.0 Å². The van der Waals surface area contributed by atoms with Crippen molar-refractivity contribution in [2.24, 2.45) is 7.05 Å². The molecule has 2 aromatic heterocycles. The molecule has 1 N–H and O–H groups in total. The van der Waals surface area contributed by atoms with Gasteiger partial charge in [-0.05, 0) is 17.5 Å². The molecule has 0 saturated carbocycles. The van der Waals surface area contributed by atoms with Gasteiger partial charge in [-0.15, -0.1) is 0 Å². The maximum atomic E-state index is 4.46. The summed E-state index contributed by atoms with van der Waals surface area (Å²) in [6.07, 6.45) is 5.68. The van der Waals surface area contributed by atoms with E-state index in [9.17, 15) is 0 Å². The van der Waals surface area contributed by atoms with Crippen LogP contribution in [-0.4, -0.2) is 14.8 Å². The van der Waals surface area contributed by atoms with Gasteiger partial charge in [0.15, 0.2) is 0 Å². The largest absolute Gasteiger partial charge is 0.378 e. The molecule has 2 rings (SSSR count). The lowest BCUT2D eigenvalue weighted by Crippen LogP contribution is -2.02. The van der Waals surface area contributed by atoms with Gasteiger partial charge in [0.1, 0.15) is 0 Å². The van der Waals surface area contributed by atoms with Crippen LogP contribution < -0.4 is 5.32 Å². The Bertz CT molecular complexity index is 473. The van der Waals surface area contributed by atoms with Crippen LogP contribution in [0.3, 0.4) is 0 Å². The Morgan fingerprint density at radius 3 is 2.88 bits per heavy atom. The van der Waals surface area contributed by atoms with Crippen LogP contribution in [0.4, 0.5) is 5.69 Å². The molecule has 90 valence electrons. The molecule has 2 aromatic rings. The van der Waals surface area contributed by atoms with Crippen molar-refractivity contribution >= 4 is 5.69 Å². The molecular formula is C13H18N4. The van der Waals surface area contributed by atoms with Crippen LogP contribution in [-0.2, 0) is 13.6 Å². The zero-order chi connectivity index (χ0) is 12.3. The Kier molecular flexibility index (Phi) is 3.42. The van der Waals surface area contributed by atoms with E-state index in [1.54, 1.807) is 6.20 Å². The SMILES string of the molecule is CC(C)c1nn(C)cc1NCc1cccnc1. The third-order valence-corrected chi connectivity index (χ3v) is 2.61. The molecule has 0 aromatic carbocycles. The van der Waals surface area contributed by atoms with Gasteiger partial charge in [-0.2, -0.15) is 5.10 Å². The maximum Gasteiger partial charge on any atom is 0.0881 e. The van der Waals surface area contributed by atoms with Gasteiger partial charge in [0, 0.05) is 32.2 Å². The number of nitrogens with one attached hydrogen (secondary N) is 1. The molecule has 0 fully saturated rings. The molecular weight excluding hydrogens is 212 g/mol. The second kappa shape index (κ2) is 4.99. The normalized spacial score (nSPS) is 10.8. The van der Waals surface area contributed by atoms with Crippen LogP contribution in [0.25, 0.3) is 0 Å². The molecule has 0 bridgehead atoms. The number of nitrogens with zero attached hydrogens (tertiary/aromatic N) is 3. The summed E-state index contributed by atoms with van der Waals surface area (Å²) in [4.78, 5) is 4.10. The molecule has 4 nitrogen and oxygen atoms in total. The molecule has 0 radical (unpaired) electrons. The molecule has 0 aliphatic heterocycles. The molecule has 0 aliphatic carbocycles. The fraction of sp³-hybridized carbons (Fsp3) is 0.385. The summed E-state index contributed by atoms with van der Waals surface area (Å²) in [6, 6.07) is 4.01. The smallest absolute Gasteiger partial charge is 0.0881 e. The first-order valence-electron chi connectivity index (χ1n) is 5.83. The minimum absolute atomic E-state index is 0.424. The van der Waals surface area contributed by atoms with Crippen molar-refractivity contribution in [1.82, 2.24) is 14.8 Å². The Morgan fingerprint density at radius 2 is 2.24 bits per heavy atom. The van der Waals surface area contributed by atoms with Crippen molar-refractivity contribution in [3.63, 3.8) is 0 Å². The standard InChI is InChI=1S/C13H18N4/c1-10(2)13-12(9-17(3)16-13)15-8-11-5-4-6-14-7-11/h4-7,9-10,15H,8H2,1-3H3. The summed E-state index contributed by atoms with van der Waals surface area (Å²) < 4.78 is 1.85. The van der Waals surface area contributed by atoms with Crippen LogP contribution in [0.15, 0.2) is 30.7 Å². The van der Waals surface area contributed by atoms with Gasteiger partial charge in [-0.1, -0.05) is 19.9 Å². The van der Waals surface area contributed by atoms with Gasteiger partial charge in [0.05, 0.1) is 11.4 Å². The third kappa shape index (κ3) is 2.84. The predicted octanol–water partition coefficient (Wildman–Crippen LogP) is 2.55. The fourth-order valence-electron chi connectivity index (χ4n) is 1.77. The molecule has 2 heterocycles. The minimum Gasteiger partial charge on any atom is -0.378 e. The maximum absolute atomic E-state index is 4.46. The first-order valence-corrected chi connectivity index (χ1v) is 5.83. The number of pyridine rings is 1. The van der Waals surface area contributed by atoms with Gasteiger partial charge >= 0.3 is 0 Å². The second-order valence-corrected chi connectivity index (χ2v) is 4.47. The van der Waals surface area contributed by atoms with E-state index in [-0.39, 0.29) is 0 Å². The minimum atomic E-state index is 0.424. The predicted molar refractivity (Wildman–Crippen MR) is 68.9 cm³/mol. The van der Waals surface area contributed by atoms with Crippen molar-refractivity contribution in [3.8, 4) is 0 Å². The van der Waals surface area contributed by atoms with E-state index in [2.05, 4.69) is 35.3 Å². The zero-order valence-electron chi connectivity index (χ0n) is 10.5. The number of hydrogen-bond donors (Lipinski definition) is 1. The van der Waals surface area contributed by atoms with Crippen molar-refractivity contribution in [2.75, 3.05) is 5.32 Å². The average Bonchev–Trinajstić information content (AvgIpc) is 2.69. The van der Waals surface area contributed by atoms with Crippen LogP contribution in [0.1, 0.15) is 31.0 Å². The monoisotopic (exact) mass is 230 g/mol. The molecule has 0 unspecified atom stereocenters. The van der Waals surface area contributed by atoms with Crippen LogP contribution in [0.5, 0.6) is 0 Å². The van der Waals surface area contributed by atoms with Gasteiger partial charge in [-0.3, -0.25) is 9.67 Å². The van der Waals surface area contributed by atoms with E-state index in [1.165, 1.54) is 5.56 Å². The molecule has 0 aliphatic rings. The molecule has 0 amide bonds. The Balaban J connectivity index is 2.09. The molecule has 4 heteroatoms. The lowest BCUT2D eigenvalue weighted by Gasteiger charge is -2.07. The Morgan fingerprint density at radius 1 is 1.41 bits per heavy atom. The quantitative estimate of drug-likeness (QED) is 0.877. The summed E-state index contributed by atoms with van der Waals surface area (Å²) >= 11 is 0. The van der Waals surface area contributed by atoms with Crippen LogP contribution in [0.2, 0.25) is 0 Å². The third-order valence-electron chi connectivity index (χ3n) is 2.61. The summed E-state index contributed by atoms with van der Waals surface area (Å²) in [5.41, 5.74) is 3.38. The molecule has 17 heavy (non-hydrogen) atoms. The highest BCUT2D eigenvalue weighted by molar-refractivity contribution is 5.48. The lowest BCUT2D eigenvalue weighted by molar-refractivity contribution is 0.713. The number of aryl methyl sites for hydroxylation is 1. The van der Waals surface area contributed by atoms with Gasteiger partial charge in [-0.25, -0.2) is 0 Å². The van der Waals surface area contributed by atoms with E-state index in [0.717, 1.165) is 17.9 Å². The van der Waals surface area contributed by atoms with Crippen molar-refractivity contribution in [2.45, 2.75) is 26.3 Å². The van der Waals surface area contributed by atoms with Crippen LogP contribution >= 0.6 is 0 Å². The van der Waals surface area contributed by atoms with E-state index in [1.807, 2.05) is 30.2 Å². The fourth-order valence-corrected chi connectivity index (χ4v) is 1.77. The van der Waals surface area contributed by atoms with Crippen LogP contribution in [0, 0.1) is 0 Å². The topological polar surface area (TPSA) is 42.7 Å². The van der Waals surface area contributed by atoms with Gasteiger partial charge in [0.2, 0.25) is 0 Å². The highest BCUT2D eigenvalue weighted by Crippen LogP contribution is 2.22. The van der Waals surface area contributed by atoms with E-state index in [0.29, 0.717) is 5.92 Å². The summed E-state index contributed by atoms with van der Waals surface area (Å²) in [5.74, 6) is 0.424. The Labute approximate surface area is 102 Å². The second-order valence-electron chi connectivity index (χ2n) is 4.47. The molecule has 0 atom stereocenters. The van der Waals surface area contributed by atoms with E-state index >= 15 is 0 Å². The molecule has 0 saturated heterocycles. The number of aromatic nitrogens is 3. The molecule has 0 spiro atoms. The highest BCUT2D eigenvalue weighted by Gasteiger charge is 2.10. The van der Waals surface area contributed by atoms with Gasteiger partial charge < -0.3 is 5.32 Å². The van der Waals surface area contributed by atoms with Crippen molar-refractivity contribution in [1.29, 1.82) is 0 Å². The number of rotatable bonds is 4. The number of hydrogen-bond acceptors (Lipinski definition) is 3. The zero-order valence-corrected chi connectivity index (χ0v) is 10.5. The first-order chi connectivity index (χ1) is 8.16. The number of anilines is 1. The summed E-state index contributed by atoms with van der Waals surface area (Å²) in [7, 11) is 1.95. The van der Waals surface area contributed by atoms with E-state index < -0.39 is 0 Å². The van der Waals surface area contributed by atoms with Gasteiger partial charge in [0.25, 0.3) is 0 Å². The average molecular weight is 230 g/mol. The lowest BCUT2D eigenvalue weighted by atomic mass is 10.1. The highest BCUT2D eigenvalue weighted by atomic mass is 15.3. The Hall–Kier alpha value is -1.84. The van der Waals surface area contributed by atoms with E-state index in [4.69, 9.17) is 0 Å². The summed E-state index contributed by atoms with van der Waals surface area (Å²) in [6.45, 7) is 5.08. The van der Waals surface area contributed by atoms with Crippen molar-refractivity contribution < 1.29 is 0 Å². The first kappa shape index (κ1) is 11.6.